The number of sulfonamides is 1. The van der Waals surface area contributed by atoms with Gasteiger partial charge in [-0.1, -0.05) is 12.1 Å². The first kappa shape index (κ1) is 19.6. The molecule has 1 aliphatic heterocycles. The first-order valence-electron chi connectivity index (χ1n) is 8.84. The second kappa shape index (κ2) is 8.69. The highest BCUT2D eigenvalue weighted by Gasteiger charge is 2.27. The van der Waals surface area contributed by atoms with Gasteiger partial charge in [-0.3, -0.25) is 0 Å². The van der Waals surface area contributed by atoms with E-state index in [4.69, 9.17) is 9.47 Å². The van der Waals surface area contributed by atoms with Gasteiger partial charge in [0.2, 0.25) is 10.0 Å². The molecule has 1 saturated heterocycles. The van der Waals surface area contributed by atoms with Crippen molar-refractivity contribution in [3.05, 3.63) is 53.8 Å². The van der Waals surface area contributed by atoms with Crippen molar-refractivity contribution in [1.82, 2.24) is 4.31 Å². The predicted molar refractivity (Wildman–Crippen MR) is 101 cm³/mol. The number of hydrogen-bond donors (Lipinski definition) is 1. The standard InChI is InChI=1S/C19H23FN2O4S/c1-2-26-19-7-6-17(27(23,24)22-8-10-25-11-9-22)13-18(19)21-14-15-4-3-5-16(20)12-15/h3-7,12-13,21H,2,8-11,14H2,1H3. The molecule has 0 amide bonds. The maximum atomic E-state index is 13.4. The van der Waals surface area contributed by atoms with Gasteiger partial charge in [0.25, 0.3) is 0 Å². The zero-order chi connectivity index (χ0) is 19.3. The summed E-state index contributed by atoms with van der Waals surface area (Å²) in [4.78, 5) is 0.189. The van der Waals surface area contributed by atoms with Crippen LogP contribution < -0.4 is 10.1 Å². The molecule has 1 heterocycles. The van der Waals surface area contributed by atoms with Crippen LogP contribution in [0.4, 0.5) is 10.1 Å². The molecular formula is C19H23FN2O4S. The van der Waals surface area contributed by atoms with Crippen molar-refractivity contribution in [2.24, 2.45) is 0 Å². The van der Waals surface area contributed by atoms with Gasteiger partial charge in [-0.2, -0.15) is 4.31 Å². The highest BCUT2D eigenvalue weighted by molar-refractivity contribution is 7.89. The summed E-state index contributed by atoms with van der Waals surface area (Å²) in [6, 6.07) is 11.0. The Hall–Kier alpha value is -2.16. The largest absolute Gasteiger partial charge is 0.492 e. The SMILES string of the molecule is CCOc1ccc(S(=O)(=O)N2CCOCC2)cc1NCc1cccc(F)c1. The molecule has 1 fully saturated rings. The van der Waals surface area contributed by atoms with E-state index in [-0.39, 0.29) is 10.7 Å². The number of nitrogens with zero attached hydrogens (tertiary/aromatic N) is 1. The lowest BCUT2D eigenvalue weighted by Gasteiger charge is -2.26. The van der Waals surface area contributed by atoms with Gasteiger partial charge in [-0.25, -0.2) is 12.8 Å². The lowest BCUT2D eigenvalue weighted by atomic mass is 10.2. The van der Waals surface area contributed by atoms with E-state index in [2.05, 4.69) is 5.32 Å². The van der Waals surface area contributed by atoms with Crippen molar-refractivity contribution in [3.63, 3.8) is 0 Å². The summed E-state index contributed by atoms with van der Waals surface area (Å²) < 4.78 is 51.4. The fourth-order valence-corrected chi connectivity index (χ4v) is 4.30. The lowest BCUT2D eigenvalue weighted by Crippen LogP contribution is -2.40. The van der Waals surface area contributed by atoms with E-state index >= 15 is 0 Å². The topological polar surface area (TPSA) is 67.9 Å². The fourth-order valence-electron chi connectivity index (χ4n) is 2.87. The van der Waals surface area contributed by atoms with E-state index in [0.29, 0.717) is 50.9 Å². The molecule has 2 aromatic carbocycles. The van der Waals surface area contributed by atoms with Crippen LogP contribution >= 0.6 is 0 Å². The van der Waals surface area contributed by atoms with Crippen LogP contribution in [-0.4, -0.2) is 45.6 Å². The number of benzene rings is 2. The van der Waals surface area contributed by atoms with Gasteiger partial charge in [-0.15, -0.1) is 0 Å². The average Bonchev–Trinajstić information content (AvgIpc) is 2.68. The first-order chi connectivity index (χ1) is 13.0. The molecule has 1 N–H and O–H groups in total. The van der Waals surface area contributed by atoms with Crippen molar-refractivity contribution in [1.29, 1.82) is 0 Å². The second-order valence-electron chi connectivity index (χ2n) is 6.09. The van der Waals surface area contributed by atoms with Gasteiger partial charge >= 0.3 is 0 Å². The summed E-state index contributed by atoms with van der Waals surface area (Å²) in [6.07, 6.45) is 0. The highest BCUT2D eigenvalue weighted by Crippen LogP contribution is 2.30. The Morgan fingerprint density at radius 3 is 2.67 bits per heavy atom. The zero-order valence-electron chi connectivity index (χ0n) is 15.2. The quantitative estimate of drug-likeness (QED) is 0.782. The summed E-state index contributed by atoms with van der Waals surface area (Å²) in [7, 11) is -3.61. The Balaban J connectivity index is 1.85. The monoisotopic (exact) mass is 394 g/mol. The molecule has 1 aliphatic rings. The van der Waals surface area contributed by atoms with Crippen molar-refractivity contribution < 1.29 is 22.3 Å². The van der Waals surface area contributed by atoms with E-state index in [1.165, 1.54) is 16.4 Å². The molecular weight excluding hydrogens is 371 g/mol. The van der Waals surface area contributed by atoms with Crippen LogP contribution in [0.1, 0.15) is 12.5 Å². The van der Waals surface area contributed by atoms with E-state index < -0.39 is 10.0 Å². The minimum absolute atomic E-state index is 0.189. The Bertz CT molecular complexity index is 883. The van der Waals surface area contributed by atoms with Crippen LogP contribution in [0.15, 0.2) is 47.4 Å². The Labute approximate surface area is 159 Å². The zero-order valence-corrected chi connectivity index (χ0v) is 16.0. The van der Waals surface area contributed by atoms with Gasteiger partial charge in [-0.05, 0) is 42.8 Å². The molecule has 0 atom stereocenters. The van der Waals surface area contributed by atoms with Gasteiger partial charge in [0, 0.05) is 19.6 Å². The number of nitrogens with one attached hydrogen (secondary N) is 1. The molecule has 8 heteroatoms. The van der Waals surface area contributed by atoms with Crippen LogP contribution in [0, 0.1) is 5.82 Å². The Morgan fingerprint density at radius 2 is 1.96 bits per heavy atom. The van der Waals surface area contributed by atoms with Crippen molar-refractivity contribution in [3.8, 4) is 5.75 Å². The van der Waals surface area contributed by atoms with E-state index in [1.807, 2.05) is 6.92 Å². The van der Waals surface area contributed by atoms with E-state index in [0.717, 1.165) is 5.56 Å². The number of hydrogen-bond acceptors (Lipinski definition) is 5. The van der Waals surface area contributed by atoms with Crippen molar-refractivity contribution in [2.75, 3.05) is 38.2 Å². The molecule has 2 aromatic rings. The number of rotatable bonds is 7. The number of anilines is 1. The number of halogens is 1. The van der Waals surface area contributed by atoms with Crippen LogP contribution in [0.5, 0.6) is 5.75 Å². The molecule has 0 aromatic heterocycles. The van der Waals surface area contributed by atoms with Crippen LogP contribution in [-0.2, 0) is 21.3 Å². The smallest absolute Gasteiger partial charge is 0.243 e. The van der Waals surface area contributed by atoms with Crippen molar-refractivity contribution in [2.45, 2.75) is 18.4 Å². The molecule has 0 bridgehead atoms. The molecule has 27 heavy (non-hydrogen) atoms. The van der Waals surface area contributed by atoms with Gasteiger partial charge < -0.3 is 14.8 Å². The molecule has 0 radical (unpaired) electrons. The molecule has 3 rings (SSSR count). The third kappa shape index (κ3) is 4.77. The Morgan fingerprint density at radius 1 is 1.19 bits per heavy atom. The molecule has 0 saturated carbocycles. The summed E-state index contributed by atoms with van der Waals surface area (Å²) in [6.45, 7) is 4.10. The number of morpholine rings is 1. The molecule has 0 aliphatic carbocycles. The number of ether oxygens (including phenoxy) is 2. The summed E-state index contributed by atoms with van der Waals surface area (Å²) in [5, 5.41) is 3.16. The van der Waals surface area contributed by atoms with Crippen molar-refractivity contribution >= 4 is 15.7 Å². The highest BCUT2D eigenvalue weighted by atomic mass is 32.2. The maximum absolute atomic E-state index is 13.4. The molecule has 0 unspecified atom stereocenters. The first-order valence-corrected chi connectivity index (χ1v) is 10.3. The average molecular weight is 394 g/mol. The molecule has 0 spiro atoms. The summed E-state index contributed by atoms with van der Waals surface area (Å²) in [5.41, 5.74) is 1.30. The van der Waals surface area contributed by atoms with Crippen LogP contribution in [0.2, 0.25) is 0 Å². The predicted octanol–water partition coefficient (Wildman–Crippen LogP) is 2.86. The van der Waals surface area contributed by atoms with Gasteiger partial charge in [0.05, 0.1) is 30.4 Å². The van der Waals surface area contributed by atoms with Crippen LogP contribution in [0.25, 0.3) is 0 Å². The van der Waals surface area contributed by atoms with Gasteiger partial charge in [0.15, 0.2) is 0 Å². The third-order valence-electron chi connectivity index (χ3n) is 4.23. The third-order valence-corrected chi connectivity index (χ3v) is 6.13. The van der Waals surface area contributed by atoms with Gasteiger partial charge in [0.1, 0.15) is 11.6 Å². The van der Waals surface area contributed by atoms with Crippen LogP contribution in [0.3, 0.4) is 0 Å². The molecule has 6 nitrogen and oxygen atoms in total. The summed E-state index contributed by atoms with van der Waals surface area (Å²) >= 11 is 0. The normalized spacial score (nSPS) is 15.5. The minimum atomic E-state index is -3.61. The Kier molecular flexibility index (Phi) is 6.30. The summed E-state index contributed by atoms with van der Waals surface area (Å²) in [5.74, 6) is 0.234. The van der Waals surface area contributed by atoms with E-state index in [9.17, 15) is 12.8 Å². The minimum Gasteiger partial charge on any atom is -0.492 e. The maximum Gasteiger partial charge on any atom is 0.243 e. The lowest BCUT2D eigenvalue weighted by molar-refractivity contribution is 0.0730. The van der Waals surface area contributed by atoms with E-state index in [1.54, 1.807) is 30.3 Å². The second-order valence-corrected chi connectivity index (χ2v) is 8.03. The fraction of sp³-hybridized carbons (Fsp3) is 0.368. The molecule has 146 valence electrons.